The Labute approximate surface area is 69.3 Å². The van der Waals surface area contributed by atoms with Gasteiger partial charge in [-0.25, -0.2) is 4.57 Å². The summed E-state index contributed by atoms with van der Waals surface area (Å²) in [4.78, 5) is 15.4. The van der Waals surface area contributed by atoms with Crippen molar-refractivity contribution in [2.75, 3.05) is 0 Å². The van der Waals surface area contributed by atoms with Crippen LogP contribution in [0.15, 0.2) is 0 Å². The summed E-state index contributed by atoms with van der Waals surface area (Å²) in [6, 6.07) is 0. The van der Waals surface area contributed by atoms with Crippen molar-refractivity contribution in [2.45, 2.75) is 0 Å². The maximum Gasteiger partial charge on any atom is 0.486 e. The fourth-order valence-electron chi connectivity index (χ4n) is 0.123. The van der Waals surface area contributed by atoms with E-state index in [9.17, 15) is 13.0 Å². The fraction of sp³-hybridized carbons (Fsp3) is 0. The monoisotopic (exact) mass is 242 g/mol. The molecule has 3 N–H and O–H groups in total. The van der Waals surface area contributed by atoms with Gasteiger partial charge in [0.05, 0.1) is 0 Å². The molecule has 0 radical (unpaired) electrons. The van der Waals surface area contributed by atoms with E-state index in [4.69, 9.17) is 14.3 Å². The van der Waals surface area contributed by atoms with Crippen molar-refractivity contribution in [3.63, 3.8) is 0 Å². The van der Waals surface area contributed by atoms with Gasteiger partial charge < -0.3 is 9.79 Å². The van der Waals surface area contributed by atoms with Crippen LogP contribution in [0, 0.1) is 0 Å². The molecule has 0 amide bonds. The van der Waals surface area contributed by atoms with Crippen LogP contribution in [0.5, 0.6) is 0 Å². The maximum absolute atomic E-state index is 9.58. The maximum atomic E-state index is 9.58. The number of rotatable bonds is 2. The molecule has 0 saturated carbocycles. The van der Waals surface area contributed by atoms with Crippen molar-refractivity contribution in [3.8, 4) is 0 Å². The quantitative estimate of drug-likeness (QED) is 0.319. The summed E-state index contributed by atoms with van der Waals surface area (Å²) in [5.41, 5.74) is 0. The molecular formula is H3O7PSZn. The molecule has 0 aliphatic carbocycles. The molecule has 0 aromatic heterocycles. The van der Waals surface area contributed by atoms with E-state index >= 15 is 0 Å². The van der Waals surface area contributed by atoms with Gasteiger partial charge in [0.15, 0.2) is 0 Å². The van der Waals surface area contributed by atoms with Crippen LogP contribution in [0.25, 0.3) is 0 Å². The van der Waals surface area contributed by atoms with Crippen LogP contribution in [0.4, 0.5) is 0 Å². The Morgan fingerprint density at radius 3 is 1.60 bits per heavy atom. The first kappa shape index (κ1) is 13.2. The Morgan fingerprint density at radius 2 is 1.60 bits per heavy atom. The first-order chi connectivity index (χ1) is 3.71. The molecule has 0 bridgehead atoms. The smallest absolute Gasteiger partial charge is 0.302 e. The van der Waals surface area contributed by atoms with Gasteiger partial charge in [-0.1, -0.05) is 0 Å². The fourth-order valence-corrected chi connectivity index (χ4v) is 1.10. The van der Waals surface area contributed by atoms with Crippen LogP contribution >= 0.6 is 7.82 Å². The minimum absolute atomic E-state index is 0. The summed E-state index contributed by atoms with van der Waals surface area (Å²) in [6.07, 6.45) is 0. The van der Waals surface area contributed by atoms with E-state index in [0.717, 1.165) is 0 Å². The Balaban J connectivity index is 0. The van der Waals surface area contributed by atoms with E-state index in [1.165, 1.54) is 0 Å². The second-order valence-corrected chi connectivity index (χ2v) is 3.43. The van der Waals surface area contributed by atoms with Crippen molar-refractivity contribution in [3.05, 3.63) is 0 Å². The van der Waals surface area contributed by atoms with Gasteiger partial charge in [0, 0.05) is 19.5 Å². The first-order valence-electron chi connectivity index (χ1n) is 1.45. The zero-order valence-electron chi connectivity index (χ0n) is 4.54. The molecule has 10 heteroatoms. The SMILES string of the molecule is O=P(O)(O)OS(=O)(=O)O.[Zn]. The second-order valence-electron chi connectivity index (χ2n) is 0.993. The summed E-state index contributed by atoms with van der Waals surface area (Å²) >= 11 is 0. The average molecular weight is 243 g/mol. The largest absolute Gasteiger partial charge is 0.486 e. The third-order valence-electron chi connectivity index (χ3n) is 0.191. The zero-order chi connectivity index (χ0) is 7.71. The summed E-state index contributed by atoms with van der Waals surface area (Å²) in [6.45, 7) is 0. The Morgan fingerprint density at radius 1 is 1.30 bits per heavy atom. The minimum Gasteiger partial charge on any atom is -0.302 e. The Bertz CT molecular complexity index is 220. The van der Waals surface area contributed by atoms with E-state index in [0.29, 0.717) is 0 Å². The van der Waals surface area contributed by atoms with Gasteiger partial charge in [0.1, 0.15) is 0 Å². The van der Waals surface area contributed by atoms with Crippen LogP contribution in [0.3, 0.4) is 0 Å². The van der Waals surface area contributed by atoms with Gasteiger partial charge in [0.2, 0.25) is 0 Å². The summed E-state index contributed by atoms with van der Waals surface area (Å²) in [5, 5.41) is 0. The first-order valence-corrected chi connectivity index (χ1v) is 4.34. The Hall–Kier alpha value is 0.643. The van der Waals surface area contributed by atoms with E-state index in [1.54, 1.807) is 0 Å². The summed E-state index contributed by atoms with van der Waals surface area (Å²) < 4.78 is 39.0. The number of hydrogen-bond donors (Lipinski definition) is 3. The number of phosphoric acid groups is 1. The zero-order valence-corrected chi connectivity index (χ0v) is 9.22. The summed E-state index contributed by atoms with van der Waals surface area (Å²) in [7, 11) is -10.2. The molecular weight excluding hydrogens is 240 g/mol. The van der Waals surface area contributed by atoms with Gasteiger partial charge >= 0.3 is 18.2 Å². The third kappa shape index (κ3) is 11.4. The van der Waals surface area contributed by atoms with Crippen molar-refractivity contribution < 1.29 is 50.8 Å². The normalized spacial score (nSPS) is 12.3. The van der Waals surface area contributed by atoms with E-state index < -0.39 is 18.2 Å². The molecule has 0 heterocycles. The standard InChI is InChI=1S/H3O7PS.Zn/c1-8(2,3)7-9(4,5)6;/h(H2,1,2,3)(H,4,5,6);. The summed E-state index contributed by atoms with van der Waals surface area (Å²) in [5.74, 6) is 0. The van der Waals surface area contributed by atoms with Gasteiger partial charge in [-0.05, 0) is 0 Å². The van der Waals surface area contributed by atoms with Gasteiger partial charge in [-0.15, -0.1) is 3.97 Å². The molecule has 0 aliphatic heterocycles. The van der Waals surface area contributed by atoms with E-state index in [-0.39, 0.29) is 19.5 Å². The molecule has 0 rings (SSSR count). The molecule has 7 nitrogen and oxygen atoms in total. The van der Waals surface area contributed by atoms with Crippen LogP contribution in [-0.4, -0.2) is 22.8 Å². The van der Waals surface area contributed by atoms with Gasteiger partial charge in [-0.2, -0.15) is 8.42 Å². The molecule has 0 fully saturated rings. The number of hydrogen-bond acceptors (Lipinski definition) is 4. The molecule has 0 aliphatic rings. The second kappa shape index (κ2) is 3.87. The van der Waals surface area contributed by atoms with Gasteiger partial charge in [-0.3, -0.25) is 4.55 Å². The average Bonchev–Trinajstić information content (AvgIpc) is 1.14. The topological polar surface area (TPSA) is 121 Å². The van der Waals surface area contributed by atoms with Crippen LogP contribution in [0.1, 0.15) is 0 Å². The predicted molar refractivity (Wildman–Crippen MR) is 24.7 cm³/mol. The third-order valence-corrected chi connectivity index (χ3v) is 1.72. The molecule has 0 aromatic carbocycles. The van der Waals surface area contributed by atoms with E-state index in [1.807, 2.05) is 0 Å². The molecule has 58 valence electrons. The Kier molecular flexibility index (Phi) is 5.13. The van der Waals surface area contributed by atoms with Gasteiger partial charge in [0.25, 0.3) is 0 Å². The van der Waals surface area contributed by atoms with Crippen LogP contribution in [-0.2, 0) is 38.4 Å². The molecule has 0 spiro atoms. The van der Waals surface area contributed by atoms with Crippen molar-refractivity contribution in [1.29, 1.82) is 0 Å². The molecule has 0 atom stereocenters. The van der Waals surface area contributed by atoms with Crippen molar-refractivity contribution in [1.82, 2.24) is 0 Å². The van der Waals surface area contributed by atoms with Crippen molar-refractivity contribution >= 4 is 18.2 Å². The molecule has 0 aromatic rings. The minimum atomic E-state index is -5.13. The molecule has 10 heavy (non-hydrogen) atoms. The molecule has 0 unspecified atom stereocenters. The van der Waals surface area contributed by atoms with Crippen molar-refractivity contribution in [2.24, 2.45) is 0 Å². The predicted octanol–water partition coefficient (Wildman–Crippen LogP) is -1.10. The van der Waals surface area contributed by atoms with E-state index in [2.05, 4.69) is 3.97 Å². The molecule has 0 saturated heterocycles. The van der Waals surface area contributed by atoms with Crippen LogP contribution < -0.4 is 0 Å². The van der Waals surface area contributed by atoms with Crippen LogP contribution in [0.2, 0.25) is 0 Å².